The molecule has 2 aromatic heterocycles. The minimum absolute atomic E-state index is 0.222. The van der Waals surface area contributed by atoms with Crippen LogP contribution in [0, 0.1) is 17.8 Å². The number of aromatic hydroxyl groups is 1. The summed E-state index contributed by atoms with van der Waals surface area (Å²) in [5, 5.41) is 13.3. The number of fused-ring (bicyclic) bond motifs is 1. The third kappa shape index (κ3) is 5.11. The maximum absolute atomic E-state index is 12.8. The van der Waals surface area contributed by atoms with E-state index in [1.165, 1.54) is 4.57 Å². The van der Waals surface area contributed by atoms with Crippen LogP contribution < -0.4 is 10.9 Å². The van der Waals surface area contributed by atoms with Crippen LogP contribution in [0.1, 0.15) is 49.5 Å². The number of pyridine rings is 2. The Labute approximate surface area is 187 Å². The van der Waals surface area contributed by atoms with Gasteiger partial charge >= 0.3 is 5.97 Å². The Kier molecular flexibility index (Phi) is 6.36. The Bertz CT molecular complexity index is 1130. The monoisotopic (exact) mass is 523 g/mol. The lowest BCUT2D eigenvalue weighted by Crippen LogP contribution is -2.38. The van der Waals surface area contributed by atoms with Crippen LogP contribution in [-0.2, 0) is 14.1 Å². The Hall–Kier alpha value is -2.61. The number of hydrogen-bond acceptors (Lipinski definition) is 6. The van der Waals surface area contributed by atoms with Crippen molar-refractivity contribution >= 4 is 45.5 Å². The van der Waals surface area contributed by atoms with Gasteiger partial charge in [-0.1, -0.05) is 34.4 Å². The first-order valence-corrected chi connectivity index (χ1v) is 11.0. The van der Waals surface area contributed by atoms with E-state index >= 15 is 0 Å². The van der Waals surface area contributed by atoms with E-state index in [0.717, 1.165) is 12.8 Å². The first kappa shape index (κ1) is 22.1. The number of halogens is 1. The van der Waals surface area contributed by atoms with Crippen molar-refractivity contribution in [2.75, 3.05) is 6.54 Å². The van der Waals surface area contributed by atoms with Gasteiger partial charge in [0.2, 0.25) is 0 Å². The number of aromatic nitrogens is 2. The lowest BCUT2D eigenvalue weighted by atomic mass is 10.1. The van der Waals surface area contributed by atoms with Gasteiger partial charge in [0.15, 0.2) is 0 Å². The van der Waals surface area contributed by atoms with Gasteiger partial charge in [0.1, 0.15) is 29.1 Å². The van der Waals surface area contributed by atoms with E-state index in [2.05, 4.69) is 22.1 Å². The third-order valence-corrected chi connectivity index (χ3v) is 4.91. The Morgan fingerprint density at radius 2 is 2.10 bits per heavy atom. The molecule has 2 heterocycles. The Morgan fingerprint density at radius 1 is 1.40 bits per heavy atom. The van der Waals surface area contributed by atoms with Crippen LogP contribution in [0.25, 0.3) is 11.0 Å². The van der Waals surface area contributed by atoms with Gasteiger partial charge in [-0.15, -0.1) is 0 Å². The molecule has 0 aromatic carbocycles. The molecule has 1 amide bonds. The molecule has 2 aromatic rings. The topological polar surface area (TPSA) is 111 Å². The molecule has 1 aliphatic rings. The van der Waals surface area contributed by atoms with Crippen LogP contribution in [0.2, 0.25) is 0 Å². The SMILES string of the molecule is CC(C)(C)OC(=O)CNC(=O)c1c(O)c2cc(C#CC3CC3)cnc2n(CI)c1=O. The largest absolute Gasteiger partial charge is 0.506 e. The average molecular weight is 523 g/mol. The summed E-state index contributed by atoms with van der Waals surface area (Å²) in [6.07, 6.45) is 3.70. The van der Waals surface area contributed by atoms with Crippen molar-refractivity contribution in [2.45, 2.75) is 43.8 Å². The second-order valence-electron chi connectivity index (χ2n) is 7.98. The minimum atomic E-state index is -0.863. The number of nitrogens with zero attached hydrogens (tertiary/aromatic N) is 2. The molecule has 1 fully saturated rings. The fraction of sp³-hybridized carbons (Fsp3) is 0.429. The average Bonchev–Trinajstić information content (AvgIpc) is 3.48. The molecule has 1 saturated carbocycles. The second-order valence-corrected chi connectivity index (χ2v) is 8.67. The van der Waals surface area contributed by atoms with E-state index < -0.39 is 40.9 Å². The number of nitrogens with one attached hydrogen (secondary N) is 1. The fourth-order valence-electron chi connectivity index (χ4n) is 2.73. The van der Waals surface area contributed by atoms with E-state index in [0.29, 0.717) is 11.5 Å². The van der Waals surface area contributed by atoms with Gasteiger partial charge < -0.3 is 15.2 Å². The van der Waals surface area contributed by atoms with Crippen molar-refractivity contribution in [2.24, 2.45) is 5.92 Å². The van der Waals surface area contributed by atoms with Crippen LogP contribution in [0.15, 0.2) is 17.1 Å². The number of hydrogen-bond donors (Lipinski definition) is 2. The Balaban J connectivity index is 1.96. The van der Waals surface area contributed by atoms with Crippen molar-refractivity contribution in [1.82, 2.24) is 14.9 Å². The van der Waals surface area contributed by atoms with Crippen molar-refractivity contribution in [3.8, 4) is 17.6 Å². The first-order chi connectivity index (χ1) is 14.1. The van der Waals surface area contributed by atoms with Gasteiger partial charge in [-0.25, -0.2) is 4.98 Å². The predicted molar refractivity (Wildman–Crippen MR) is 119 cm³/mol. The number of carbonyl (C=O) groups excluding carboxylic acids is 2. The van der Waals surface area contributed by atoms with E-state index in [1.807, 2.05) is 22.6 Å². The quantitative estimate of drug-likeness (QED) is 0.276. The molecule has 1 aliphatic carbocycles. The van der Waals surface area contributed by atoms with E-state index in [9.17, 15) is 19.5 Å². The van der Waals surface area contributed by atoms with Crippen LogP contribution in [0.5, 0.6) is 5.75 Å². The number of ether oxygens (including phenoxy) is 1. The van der Waals surface area contributed by atoms with Gasteiger partial charge in [-0.2, -0.15) is 0 Å². The van der Waals surface area contributed by atoms with Crippen LogP contribution in [0.3, 0.4) is 0 Å². The molecule has 8 nitrogen and oxygen atoms in total. The molecular formula is C21H22IN3O5. The van der Waals surface area contributed by atoms with Crippen LogP contribution in [0.4, 0.5) is 0 Å². The van der Waals surface area contributed by atoms with E-state index in [4.69, 9.17) is 4.74 Å². The number of alkyl halides is 1. The van der Waals surface area contributed by atoms with E-state index in [1.54, 1.807) is 33.0 Å². The van der Waals surface area contributed by atoms with Crippen LogP contribution in [-0.4, -0.2) is 38.7 Å². The van der Waals surface area contributed by atoms with Gasteiger partial charge in [0.05, 0.1) is 9.94 Å². The normalized spacial score (nSPS) is 13.5. The summed E-state index contributed by atoms with van der Waals surface area (Å²) in [6.45, 7) is 4.69. The van der Waals surface area contributed by atoms with Crippen molar-refractivity contribution in [3.63, 3.8) is 0 Å². The molecule has 0 bridgehead atoms. The summed E-state index contributed by atoms with van der Waals surface area (Å²) >= 11 is 1.98. The molecule has 0 atom stereocenters. The zero-order chi connectivity index (χ0) is 22.1. The lowest BCUT2D eigenvalue weighted by Gasteiger charge is -2.19. The highest BCUT2D eigenvalue weighted by Crippen LogP contribution is 2.29. The van der Waals surface area contributed by atoms with Crippen LogP contribution >= 0.6 is 22.6 Å². The minimum Gasteiger partial charge on any atom is -0.506 e. The highest BCUT2D eigenvalue weighted by Gasteiger charge is 2.24. The number of rotatable bonds is 4. The van der Waals surface area contributed by atoms with Crippen molar-refractivity contribution in [1.29, 1.82) is 0 Å². The van der Waals surface area contributed by atoms with E-state index in [-0.39, 0.29) is 15.6 Å². The fourth-order valence-corrected chi connectivity index (χ4v) is 3.36. The molecule has 0 saturated heterocycles. The first-order valence-electron chi connectivity index (χ1n) is 9.44. The maximum atomic E-state index is 12.8. The predicted octanol–water partition coefficient (Wildman–Crippen LogP) is 2.33. The maximum Gasteiger partial charge on any atom is 0.325 e. The zero-order valence-corrected chi connectivity index (χ0v) is 19.1. The molecule has 0 unspecified atom stereocenters. The van der Waals surface area contributed by atoms with Crippen molar-refractivity contribution in [3.05, 3.63) is 33.7 Å². The standard InChI is InChI=1S/C21H22IN3O5/c1-21(2,3)30-15(26)10-24-19(28)16-17(27)14-8-13(7-6-12-4-5-12)9-23-18(14)25(11-22)20(16)29/h8-9,12,27H,4-5,10-11H2,1-3H3,(H,24,28). The molecule has 0 radical (unpaired) electrons. The molecule has 2 N–H and O–H groups in total. The molecule has 0 aliphatic heterocycles. The van der Waals surface area contributed by atoms with Gasteiger partial charge in [0.25, 0.3) is 11.5 Å². The van der Waals surface area contributed by atoms with Gasteiger partial charge in [0, 0.05) is 17.7 Å². The summed E-state index contributed by atoms with van der Waals surface area (Å²) in [6, 6.07) is 1.61. The smallest absolute Gasteiger partial charge is 0.325 e. The number of amides is 1. The van der Waals surface area contributed by atoms with Gasteiger partial charge in [-0.3, -0.25) is 19.0 Å². The third-order valence-electron chi connectivity index (χ3n) is 4.23. The zero-order valence-electron chi connectivity index (χ0n) is 16.9. The molecule has 3 rings (SSSR count). The Morgan fingerprint density at radius 3 is 2.70 bits per heavy atom. The molecule has 0 spiro atoms. The van der Waals surface area contributed by atoms with Crippen molar-refractivity contribution < 1.29 is 19.4 Å². The lowest BCUT2D eigenvalue weighted by molar-refractivity contribution is -0.153. The molecule has 30 heavy (non-hydrogen) atoms. The molecule has 9 heteroatoms. The summed E-state index contributed by atoms with van der Waals surface area (Å²) in [5.41, 5.74) is -1.00. The molecule has 158 valence electrons. The number of esters is 1. The second kappa shape index (κ2) is 8.63. The number of carbonyl (C=O) groups is 2. The highest BCUT2D eigenvalue weighted by molar-refractivity contribution is 14.1. The molecular weight excluding hydrogens is 501 g/mol. The summed E-state index contributed by atoms with van der Waals surface area (Å²) in [5.74, 6) is 4.53. The highest BCUT2D eigenvalue weighted by atomic mass is 127. The van der Waals surface area contributed by atoms with Gasteiger partial charge in [-0.05, 0) is 39.7 Å². The summed E-state index contributed by atoms with van der Waals surface area (Å²) in [4.78, 5) is 41.6. The summed E-state index contributed by atoms with van der Waals surface area (Å²) in [7, 11) is 0. The summed E-state index contributed by atoms with van der Waals surface area (Å²) < 4.78 is 6.65.